The average Bonchev–Trinajstić information content (AvgIpc) is 2.55. The number of hydrogen-bond acceptors (Lipinski definition) is 3. The van der Waals surface area contributed by atoms with Gasteiger partial charge >= 0.3 is 0 Å². The Labute approximate surface area is 125 Å². The molecule has 1 heterocycles. The van der Waals surface area contributed by atoms with Crippen LogP contribution in [0.1, 0.15) is 53.9 Å². The van der Waals surface area contributed by atoms with Gasteiger partial charge in [0.1, 0.15) is 17.5 Å². The number of ether oxygens (including phenoxy) is 1. The third-order valence-electron chi connectivity index (χ3n) is 3.94. The lowest BCUT2D eigenvalue weighted by atomic mass is 9.89. The number of hydrogen-bond donors (Lipinski definition) is 0. The predicted octanol–water partition coefficient (Wildman–Crippen LogP) is 4.13. The fourth-order valence-corrected chi connectivity index (χ4v) is 2.79. The fourth-order valence-electron chi connectivity index (χ4n) is 2.79. The molecule has 21 heavy (non-hydrogen) atoms. The van der Waals surface area contributed by atoms with E-state index in [-0.39, 0.29) is 11.9 Å². The van der Waals surface area contributed by atoms with Crippen molar-refractivity contribution in [1.29, 1.82) is 0 Å². The molecule has 1 aliphatic carbocycles. The first-order valence-corrected chi connectivity index (χ1v) is 7.51. The molecule has 0 saturated heterocycles. The van der Waals surface area contributed by atoms with Gasteiger partial charge in [-0.2, -0.15) is 0 Å². The first-order valence-electron chi connectivity index (χ1n) is 7.51. The highest BCUT2D eigenvalue weighted by Gasteiger charge is 2.21. The van der Waals surface area contributed by atoms with Gasteiger partial charge in [-0.15, -0.1) is 0 Å². The Bertz CT molecular complexity index is 634. The maximum atomic E-state index is 11.6. The van der Waals surface area contributed by atoms with E-state index in [1.165, 1.54) is 11.1 Å². The number of fused-ring (bicyclic) bond motifs is 1. The number of ketones is 1. The van der Waals surface area contributed by atoms with Crippen LogP contribution in [0.15, 0.2) is 42.6 Å². The van der Waals surface area contributed by atoms with Gasteiger partial charge in [0.05, 0.1) is 6.20 Å². The minimum atomic E-state index is 0.0598. The van der Waals surface area contributed by atoms with E-state index in [0.29, 0.717) is 12.1 Å². The Balaban J connectivity index is 1.77. The molecule has 0 N–H and O–H groups in total. The lowest BCUT2D eigenvalue weighted by molar-refractivity contribution is 0.0983. The Morgan fingerprint density at radius 2 is 2.14 bits per heavy atom. The molecule has 1 aliphatic rings. The Hall–Kier alpha value is -2.16. The molecule has 3 nitrogen and oxygen atoms in total. The van der Waals surface area contributed by atoms with Crippen LogP contribution >= 0.6 is 0 Å². The number of Topliss-reactive ketones (excluding diaryl/α,β-unsaturated/α-hetero) is 1. The highest BCUT2D eigenvalue weighted by Crippen LogP contribution is 2.33. The SMILES string of the molecule is CCC(=O)c1ccc(OC2CCCc3ccccc32)cn1. The van der Waals surface area contributed by atoms with Crippen LogP contribution in [-0.2, 0) is 6.42 Å². The molecule has 0 saturated carbocycles. The normalized spacial score (nSPS) is 17.1. The summed E-state index contributed by atoms with van der Waals surface area (Å²) in [5.74, 6) is 0.786. The monoisotopic (exact) mass is 281 g/mol. The Morgan fingerprint density at radius 3 is 2.90 bits per heavy atom. The number of carbonyl (C=O) groups is 1. The molecule has 0 aliphatic heterocycles. The van der Waals surface area contributed by atoms with Gasteiger partial charge in [0, 0.05) is 6.42 Å². The number of aryl methyl sites for hydroxylation is 1. The molecule has 108 valence electrons. The maximum absolute atomic E-state index is 11.6. The minimum absolute atomic E-state index is 0.0598. The van der Waals surface area contributed by atoms with Crippen LogP contribution in [0.5, 0.6) is 5.75 Å². The summed E-state index contributed by atoms with van der Waals surface area (Å²) in [5.41, 5.74) is 3.16. The van der Waals surface area contributed by atoms with Crippen molar-refractivity contribution in [2.45, 2.75) is 38.7 Å². The largest absolute Gasteiger partial charge is 0.484 e. The van der Waals surface area contributed by atoms with Crippen molar-refractivity contribution in [1.82, 2.24) is 4.98 Å². The highest BCUT2D eigenvalue weighted by atomic mass is 16.5. The van der Waals surface area contributed by atoms with Crippen molar-refractivity contribution in [3.8, 4) is 5.75 Å². The molecule has 0 radical (unpaired) electrons. The number of pyridine rings is 1. The van der Waals surface area contributed by atoms with Gasteiger partial charge in [0.15, 0.2) is 5.78 Å². The van der Waals surface area contributed by atoms with E-state index < -0.39 is 0 Å². The van der Waals surface area contributed by atoms with Crippen LogP contribution < -0.4 is 4.74 Å². The van der Waals surface area contributed by atoms with Crippen molar-refractivity contribution in [2.75, 3.05) is 0 Å². The molecule has 3 heteroatoms. The lowest BCUT2D eigenvalue weighted by Crippen LogP contribution is -2.15. The van der Waals surface area contributed by atoms with E-state index in [4.69, 9.17) is 4.74 Å². The molecular formula is C18H19NO2. The molecular weight excluding hydrogens is 262 g/mol. The molecule has 3 rings (SSSR count). The van der Waals surface area contributed by atoms with E-state index in [1.54, 1.807) is 12.3 Å². The Morgan fingerprint density at radius 1 is 1.29 bits per heavy atom. The van der Waals surface area contributed by atoms with E-state index >= 15 is 0 Å². The zero-order valence-electron chi connectivity index (χ0n) is 12.2. The number of benzene rings is 1. The quantitative estimate of drug-likeness (QED) is 0.791. The van der Waals surface area contributed by atoms with Crippen molar-refractivity contribution in [3.63, 3.8) is 0 Å². The van der Waals surface area contributed by atoms with Crippen molar-refractivity contribution in [2.24, 2.45) is 0 Å². The number of rotatable bonds is 4. The molecule has 1 aromatic carbocycles. The second-order valence-corrected chi connectivity index (χ2v) is 5.35. The summed E-state index contributed by atoms with van der Waals surface area (Å²) in [5, 5.41) is 0. The molecule has 0 amide bonds. The number of carbonyl (C=O) groups excluding carboxylic acids is 1. The highest BCUT2D eigenvalue weighted by molar-refractivity contribution is 5.93. The van der Waals surface area contributed by atoms with Gasteiger partial charge in [0.25, 0.3) is 0 Å². The zero-order chi connectivity index (χ0) is 14.7. The fraction of sp³-hybridized carbons (Fsp3) is 0.333. The second-order valence-electron chi connectivity index (χ2n) is 5.35. The van der Waals surface area contributed by atoms with Crippen molar-refractivity contribution >= 4 is 5.78 Å². The first kappa shape index (κ1) is 13.8. The van der Waals surface area contributed by atoms with Gasteiger partial charge in [0.2, 0.25) is 0 Å². The van der Waals surface area contributed by atoms with Gasteiger partial charge in [-0.3, -0.25) is 4.79 Å². The maximum Gasteiger partial charge on any atom is 0.180 e. The smallest absolute Gasteiger partial charge is 0.180 e. The predicted molar refractivity (Wildman–Crippen MR) is 81.6 cm³/mol. The summed E-state index contributed by atoms with van der Waals surface area (Å²) < 4.78 is 6.08. The summed E-state index contributed by atoms with van der Waals surface area (Å²) in [6.45, 7) is 1.84. The van der Waals surface area contributed by atoms with Gasteiger partial charge in [-0.25, -0.2) is 4.98 Å². The van der Waals surface area contributed by atoms with Gasteiger partial charge in [-0.05, 0) is 42.5 Å². The van der Waals surface area contributed by atoms with Crippen LogP contribution in [0, 0.1) is 0 Å². The van der Waals surface area contributed by atoms with Gasteiger partial charge < -0.3 is 4.74 Å². The average molecular weight is 281 g/mol. The first-order chi connectivity index (χ1) is 10.3. The molecule has 2 aromatic rings. The van der Waals surface area contributed by atoms with Crippen molar-refractivity contribution in [3.05, 3.63) is 59.4 Å². The standard InChI is InChI=1S/C18H19NO2/c1-2-17(20)16-11-10-14(12-19-16)21-18-9-5-7-13-6-3-4-8-15(13)18/h3-4,6,8,10-12,18H,2,5,7,9H2,1H3. The molecule has 0 spiro atoms. The number of aromatic nitrogens is 1. The molecule has 1 unspecified atom stereocenters. The summed E-state index contributed by atoms with van der Waals surface area (Å²) in [7, 11) is 0. The third kappa shape index (κ3) is 2.97. The van der Waals surface area contributed by atoms with Crippen LogP contribution in [0.3, 0.4) is 0 Å². The van der Waals surface area contributed by atoms with Gasteiger partial charge in [-0.1, -0.05) is 31.2 Å². The van der Waals surface area contributed by atoms with E-state index in [0.717, 1.165) is 25.0 Å². The van der Waals surface area contributed by atoms with E-state index in [1.807, 2.05) is 13.0 Å². The van der Waals surface area contributed by atoms with E-state index in [2.05, 4.69) is 29.2 Å². The van der Waals surface area contributed by atoms with Crippen molar-refractivity contribution < 1.29 is 9.53 Å². The number of nitrogens with zero attached hydrogens (tertiary/aromatic N) is 1. The van der Waals surface area contributed by atoms with Crippen LogP contribution in [-0.4, -0.2) is 10.8 Å². The summed E-state index contributed by atoms with van der Waals surface area (Å²) in [4.78, 5) is 15.8. The molecule has 1 aromatic heterocycles. The second kappa shape index (κ2) is 6.08. The molecule has 0 fully saturated rings. The topological polar surface area (TPSA) is 39.2 Å². The third-order valence-corrected chi connectivity index (χ3v) is 3.94. The van der Waals surface area contributed by atoms with E-state index in [9.17, 15) is 4.79 Å². The van der Waals surface area contributed by atoms with Crippen LogP contribution in [0.2, 0.25) is 0 Å². The minimum Gasteiger partial charge on any atom is -0.484 e. The Kier molecular flexibility index (Phi) is 4.00. The summed E-state index contributed by atoms with van der Waals surface area (Å²) in [6, 6.07) is 12.0. The molecule has 1 atom stereocenters. The zero-order valence-corrected chi connectivity index (χ0v) is 12.2. The molecule has 0 bridgehead atoms. The summed E-state index contributed by atoms with van der Waals surface area (Å²) in [6.07, 6.45) is 5.50. The summed E-state index contributed by atoms with van der Waals surface area (Å²) >= 11 is 0. The van der Waals surface area contributed by atoms with Crippen LogP contribution in [0.25, 0.3) is 0 Å². The lowest BCUT2D eigenvalue weighted by Gasteiger charge is -2.26. The van der Waals surface area contributed by atoms with Crippen LogP contribution in [0.4, 0.5) is 0 Å².